The van der Waals surface area contributed by atoms with Gasteiger partial charge in [-0.1, -0.05) is 0 Å². The van der Waals surface area contributed by atoms with Gasteiger partial charge in [0.1, 0.15) is 0 Å². The molecule has 0 amide bonds. The molecule has 1 heterocycles. The summed E-state index contributed by atoms with van der Waals surface area (Å²) >= 11 is 0. The van der Waals surface area contributed by atoms with Gasteiger partial charge in [-0.2, -0.15) is 5.10 Å². The summed E-state index contributed by atoms with van der Waals surface area (Å²) in [5, 5.41) is 12.0. The second kappa shape index (κ2) is 4.31. The number of primary sulfonamides is 1. The first kappa shape index (κ1) is 12.4. The monoisotopic (exact) mass is 267 g/mol. The molecule has 0 spiro atoms. The van der Waals surface area contributed by atoms with Gasteiger partial charge in [-0.15, -0.1) is 0 Å². The molecule has 0 aliphatic rings. The van der Waals surface area contributed by atoms with E-state index < -0.39 is 10.0 Å². The van der Waals surface area contributed by atoms with Gasteiger partial charge >= 0.3 is 0 Å². The van der Waals surface area contributed by atoms with Crippen molar-refractivity contribution in [1.82, 2.24) is 9.78 Å². The van der Waals surface area contributed by atoms with Crippen LogP contribution in [0.4, 0.5) is 17.1 Å². The Hall–Kier alpha value is -2.06. The Morgan fingerprint density at radius 2 is 2.11 bits per heavy atom. The highest BCUT2D eigenvalue weighted by molar-refractivity contribution is 7.89. The number of hydrogen-bond donors (Lipinski definition) is 3. The lowest BCUT2D eigenvalue weighted by Gasteiger charge is -2.08. The van der Waals surface area contributed by atoms with Crippen LogP contribution in [0.2, 0.25) is 0 Å². The van der Waals surface area contributed by atoms with Crippen LogP contribution in [0.3, 0.4) is 0 Å². The molecule has 0 bridgehead atoms. The summed E-state index contributed by atoms with van der Waals surface area (Å²) in [6, 6.07) is 4.23. The first-order chi connectivity index (χ1) is 8.36. The van der Waals surface area contributed by atoms with Gasteiger partial charge in [0.25, 0.3) is 0 Å². The molecule has 8 heteroatoms. The minimum atomic E-state index is -3.75. The van der Waals surface area contributed by atoms with Crippen molar-refractivity contribution in [3.8, 4) is 0 Å². The number of nitrogens with zero attached hydrogens (tertiary/aromatic N) is 2. The molecular weight excluding hydrogens is 254 g/mol. The quantitative estimate of drug-likeness (QED) is 0.696. The summed E-state index contributed by atoms with van der Waals surface area (Å²) in [5.41, 5.74) is 7.36. The standard InChI is InChI=1S/C10H13N5O2S/c1-15-6-7(5-13-15)14-10-4-8(18(12,16)17)2-3-9(10)11/h2-6,14H,11H2,1H3,(H2,12,16,17). The summed E-state index contributed by atoms with van der Waals surface area (Å²) in [4.78, 5) is 0.00286. The van der Waals surface area contributed by atoms with Gasteiger partial charge < -0.3 is 11.1 Å². The van der Waals surface area contributed by atoms with Crippen molar-refractivity contribution in [3.05, 3.63) is 30.6 Å². The van der Waals surface area contributed by atoms with Crippen molar-refractivity contribution in [2.45, 2.75) is 4.90 Å². The largest absolute Gasteiger partial charge is 0.397 e. The van der Waals surface area contributed by atoms with Crippen LogP contribution in [0.25, 0.3) is 0 Å². The van der Waals surface area contributed by atoms with E-state index in [0.29, 0.717) is 17.1 Å². The number of anilines is 3. The number of hydrogen-bond acceptors (Lipinski definition) is 5. The van der Waals surface area contributed by atoms with E-state index in [2.05, 4.69) is 10.4 Å². The summed E-state index contributed by atoms with van der Waals surface area (Å²) in [7, 11) is -1.97. The van der Waals surface area contributed by atoms with E-state index in [9.17, 15) is 8.42 Å². The molecule has 2 rings (SSSR count). The summed E-state index contributed by atoms with van der Waals surface area (Å²) in [6.07, 6.45) is 3.34. The van der Waals surface area contributed by atoms with E-state index in [1.165, 1.54) is 18.2 Å². The Labute approximate surface area is 104 Å². The van der Waals surface area contributed by atoms with E-state index in [1.807, 2.05) is 0 Å². The SMILES string of the molecule is Cn1cc(Nc2cc(S(N)(=O)=O)ccc2N)cn1. The van der Waals surface area contributed by atoms with Gasteiger partial charge in [0.2, 0.25) is 10.0 Å². The van der Waals surface area contributed by atoms with Gasteiger partial charge in [-0.3, -0.25) is 4.68 Å². The number of aryl methyl sites for hydroxylation is 1. The molecule has 7 nitrogen and oxygen atoms in total. The highest BCUT2D eigenvalue weighted by Gasteiger charge is 2.10. The zero-order chi connectivity index (χ0) is 13.3. The summed E-state index contributed by atoms with van der Waals surface area (Å²) in [6.45, 7) is 0. The van der Waals surface area contributed by atoms with Gasteiger partial charge in [-0.05, 0) is 18.2 Å². The third-order valence-electron chi connectivity index (χ3n) is 2.34. The van der Waals surface area contributed by atoms with E-state index in [4.69, 9.17) is 10.9 Å². The highest BCUT2D eigenvalue weighted by Crippen LogP contribution is 2.25. The van der Waals surface area contributed by atoms with Gasteiger partial charge in [-0.25, -0.2) is 13.6 Å². The van der Waals surface area contributed by atoms with Gasteiger partial charge in [0.05, 0.1) is 28.2 Å². The van der Waals surface area contributed by atoms with Gasteiger partial charge in [0, 0.05) is 13.2 Å². The zero-order valence-electron chi connectivity index (χ0n) is 9.66. The molecule has 0 unspecified atom stereocenters. The number of benzene rings is 1. The number of nitrogens with two attached hydrogens (primary N) is 2. The predicted octanol–water partition coefficient (Wildman–Crippen LogP) is 0.393. The molecule has 0 radical (unpaired) electrons. The van der Waals surface area contributed by atoms with Crippen LogP contribution in [0.15, 0.2) is 35.5 Å². The molecule has 18 heavy (non-hydrogen) atoms. The molecule has 0 saturated carbocycles. The molecule has 0 aliphatic carbocycles. The number of aromatic nitrogens is 2. The van der Waals surface area contributed by atoms with Crippen LogP contribution >= 0.6 is 0 Å². The number of rotatable bonds is 3. The topological polar surface area (TPSA) is 116 Å². The van der Waals surface area contributed by atoms with E-state index in [-0.39, 0.29) is 4.90 Å². The summed E-state index contributed by atoms with van der Waals surface area (Å²) in [5.74, 6) is 0. The fraction of sp³-hybridized carbons (Fsp3) is 0.100. The number of sulfonamides is 1. The van der Waals surface area contributed by atoms with Crippen molar-refractivity contribution in [1.29, 1.82) is 0 Å². The first-order valence-corrected chi connectivity index (χ1v) is 6.59. The van der Waals surface area contributed by atoms with Crippen molar-refractivity contribution in [2.24, 2.45) is 12.2 Å². The normalized spacial score (nSPS) is 11.4. The number of nitrogen functional groups attached to an aromatic ring is 1. The Morgan fingerprint density at radius 3 is 2.67 bits per heavy atom. The van der Waals surface area contributed by atoms with Crippen LogP contribution in [-0.4, -0.2) is 18.2 Å². The minimum Gasteiger partial charge on any atom is -0.397 e. The maximum Gasteiger partial charge on any atom is 0.238 e. The average molecular weight is 267 g/mol. The molecule has 0 fully saturated rings. The van der Waals surface area contributed by atoms with Crippen LogP contribution in [0.1, 0.15) is 0 Å². The Balaban J connectivity index is 2.38. The van der Waals surface area contributed by atoms with Crippen LogP contribution < -0.4 is 16.2 Å². The zero-order valence-corrected chi connectivity index (χ0v) is 10.5. The van der Waals surface area contributed by atoms with Crippen LogP contribution in [0, 0.1) is 0 Å². The Kier molecular flexibility index (Phi) is 2.97. The third-order valence-corrected chi connectivity index (χ3v) is 3.25. The lowest BCUT2D eigenvalue weighted by molar-refractivity contribution is 0.598. The van der Waals surface area contributed by atoms with Crippen molar-refractivity contribution in [3.63, 3.8) is 0 Å². The summed E-state index contributed by atoms with van der Waals surface area (Å²) < 4.78 is 24.1. The third kappa shape index (κ3) is 2.60. The lowest BCUT2D eigenvalue weighted by Crippen LogP contribution is -2.12. The number of nitrogens with one attached hydrogen (secondary N) is 1. The van der Waals surface area contributed by atoms with Gasteiger partial charge in [0.15, 0.2) is 0 Å². The Morgan fingerprint density at radius 1 is 1.39 bits per heavy atom. The van der Waals surface area contributed by atoms with Crippen molar-refractivity contribution in [2.75, 3.05) is 11.1 Å². The molecular formula is C10H13N5O2S. The van der Waals surface area contributed by atoms with E-state index in [0.717, 1.165) is 0 Å². The predicted molar refractivity (Wildman–Crippen MR) is 68.7 cm³/mol. The highest BCUT2D eigenvalue weighted by atomic mass is 32.2. The fourth-order valence-electron chi connectivity index (χ4n) is 1.46. The molecule has 1 aromatic carbocycles. The van der Waals surface area contributed by atoms with Crippen molar-refractivity contribution >= 4 is 27.1 Å². The first-order valence-electron chi connectivity index (χ1n) is 5.04. The molecule has 0 atom stereocenters. The second-order valence-electron chi connectivity index (χ2n) is 3.82. The smallest absolute Gasteiger partial charge is 0.238 e. The molecule has 2 aromatic rings. The Bertz CT molecular complexity index is 677. The molecule has 0 saturated heterocycles. The maximum absolute atomic E-state index is 11.2. The van der Waals surface area contributed by atoms with Crippen molar-refractivity contribution < 1.29 is 8.42 Å². The maximum atomic E-state index is 11.2. The average Bonchev–Trinajstić information content (AvgIpc) is 2.66. The lowest BCUT2D eigenvalue weighted by atomic mass is 10.2. The molecule has 1 aromatic heterocycles. The van der Waals surface area contributed by atoms with Crippen LogP contribution in [-0.2, 0) is 17.1 Å². The van der Waals surface area contributed by atoms with Crippen LogP contribution in [0.5, 0.6) is 0 Å². The molecule has 5 N–H and O–H groups in total. The molecule has 0 aliphatic heterocycles. The molecule has 96 valence electrons. The van der Waals surface area contributed by atoms with E-state index >= 15 is 0 Å². The fourth-order valence-corrected chi connectivity index (χ4v) is 2.00. The minimum absolute atomic E-state index is 0.00286. The van der Waals surface area contributed by atoms with E-state index in [1.54, 1.807) is 24.1 Å². The second-order valence-corrected chi connectivity index (χ2v) is 5.38.